The molecule has 0 spiro atoms. The zero-order valence-corrected chi connectivity index (χ0v) is 12.4. The van der Waals surface area contributed by atoms with Crippen LogP contribution in [0.25, 0.3) is 0 Å². The first-order valence-electron chi connectivity index (χ1n) is 7.57. The van der Waals surface area contributed by atoms with Crippen molar-refractivity contribution in [3.63, 3.8) is 0 Å². The molecule has 2 rings (SSSR count). The van der Waals surface area contributed by atoms with Crippen LogP contribution in [0.15, 0.2) is 67.3 Å². The van der Waals surface area contributed by atoms with E-state index in [1.165, 1.54) is 12.8 Å². The first-order valence-corrected chi connectivity index (χ1v) is 7.57. The summed E-state index contributed by atoms with van der Waals surface area (Å²) in [5, 5.41) is 3.46. The van der Waals surface area contributed by atoms with Crippen molar-refractivity contribution < 1.29 is 4.74 Å². The topological polar surface area (TPSA) is 21.3 Å². The molecule has 0 amide bonds. The molecule has 0 unspecified atom stereocenters. The fourth-order valence-electron chi connectivity index (χ4n) is 2.13. The molecule has 110 valence electrons. The molecule has 0 saturated heterocycles. The van der Waals surface area contributed by atoms with E-state index in [1.807, 2.05) is 54.6 Å². The lowest BCUT2D eigenvalue weighted by atomic mass is 10.2. The number of allylic oxidation sites excluding steroid dienone is 1. The molecule has 2 aromatic rings. The fraction of sp³-hybridized carbons (Fsp3) is 0.263. The van der Waals surface area contributed by atoms with Crippen LogP contribution in [0.1, 0.15) is 25.7 Å². The van der Waals surface area contributed by atoms with Gasteiger partial charge in [0.05, 0.1) is 5.69 Å². The number of rotatable bonds is 9. The van der Waals surface area contributed by atoms with Gasteiger partial charge in [-0.1, -0.05) is 42.8 Å². The van der Waals surface area contributed by atoms with Crippen molar-refractivity contribution in [2.45, 2.75) is 25.7 Å². The molecule has 2 heteroatoms. The molecule has 0 heterocycles. The largest absolute Gasteiger partial charge is 0.455 e. The standard InChI is InChI=1S/C19H23NO/c1-2-3-4-5-11-16-20-18-14-9-10-15-19(18)21-17-12-7-6-8-13-17/h2,6-10,12-15,20H,1,3-5,11,16H2. The molecule has 0 aliphatic heterocycles. The summed E-state index contributed by atoms with van der Waals surface area (Å²) in [4.78, 5) is 0. The summed E-state index contributed by atoms with van der Waals surface area (Å²) < 4.78 is 5.93. The molecule has 21 heavy (non-hydrogen) atoms. The molecule has 1 N–H and O–H groups in total. The van der Waals surface area contributed by atoms with Gasteiger partial charge in [0.15, 0.2) is 5.75 Å². The summed E-state index contributed by atoms with van der Waals surface area (Å²) >= 11 is 0. The first kappa shape index (κ1) is 15.2. The molecule has 0 bridgehead atoms. The molecule has 0 fully saturated rings. The van der Waals surface area contributed by atoms with Gasteiger partial charge >= 0.3 is 0 Å². The summed E-state index contributed by atoms with van der Waals surface area (Å²) in [6, 6.07) is 17.9. The van der Waals surface area contributed by atoms with Crippen LogP contribution in [0.4, 0.5) is 5.69 Å². The van der Waals surface area contributed by atoms with E-state index in [2.05, 4.69) is 18.0 Å². The zero-order chi connectivity index (χ0) is 14.8. The van der Waals surface area contributed by atoms with Gasteiger partial charge in [-0.2, -0.15) is 0 Å². The highest BCUT2D eigenvalue weighted by Gasteiger charge is 2.03. The Morgan fingerprint density at radius 3 is 2.48 bits per heavy atom. The maximum Gasteiger partial charge on any atom is 0.150 e. The second-order valence-electron chi connectivity index (χ2n) is 4.98. The highest BCUT2D eigenvalue weighted by Crippen LogP contribution is 2.28. The molecule has 2 nitrogen and oxygen atoms in total. The summed E-state index contributed by atoms with van der Waals surface area (Å²) in [7, 11) is 0. The number of unbranched alkanes of at least 4 members (excludes halogenated alkanes) is 3. The van der Waals surface area contributed by atoms with Gasteiger partial charge in [-0.25, -0.2) is 0 Å². The van der Waals surface area contributed by atoms with Crippen molar-refractivity contribution in [1.29, 1.82) is 0 Å². The molecule has 0 saturated carbocycles. The SMILES string of the molecule is C=CCCCCCNc1ccccc1Oc1ccccc1. The van der Waals surface area contributed by atoms with Crippen LogP contribution in [0.5, 0.6) is 11.5 Å². The Balaban J connectivity index is 1.86. The van der Waals surface area contributed by atoms with E-state index in [9.17, 15) is 0 Å². The Kier molecular flexibility index (Phi) is 6.40. The van der Waals surface area contributed by atoms with E-state index >= 15 is 0 Å². The Labute approximate surface area is 127 Å². The van der Waals surface area contributed by atoms with Gasteiger partial charge in [-0.3, -0.25) is 0 Å². The van der Waals surface area contributed by atoms with E-state index in [0.717, 1.165) is 36.6 Å². The van der Waals surface area contributed by atoms with Crippen LogP contribution >= 0.6 is 0 Å². The van der Waals surface area contributed by atoms with Crippen LogP contribution in [0.2, 0.25) is 0 Å². The predicted molar refractivity (Wildman–Crippen MR) is 90.1 cm³/mol. The minimum Gasteiger partial charge on any atom is -0.455 e. The molecule has 0 atom stereocenters. The van der Waals surface area contributed by atoms with Crippen molar-refractivity contribution in [2.24, 2.45) is 0 Å². The second kappa shape index (κ2) is 8.85. The Morgan fingerprint density at radius 1 is 0.905 bits per heavy atom. The smallest absolute Gasteiger partial charge is 0.150 e. The van der Waals surface area contributed by atoms with E-state index in [0.29, 0.717) is 0 Å². The number of hydrogen-bond donors (Lipinski definition) is 1. The van der Waals surface area contributed by atoms with Crippen molar-refractivity contribution in [2.75, 3.05) is 11.9 Å². The predicted octanol–water partition coefficient (Wildman–Crippen LogP) is 5.64. The van der Waals surface area contributed by atoms with Crippen molar-refractivity contribution >= 4 is 5.69 Å². The van der Waals surface area contributed by atoms with E-state index in [-0.39, 0.29) is 0 Å². The molecule has 0 radical (unpaired) electrons. The maximum atomic E-state index is 5.93. The number of nitrogens with one attached hydrogen (secondary N) is 1. The number of benzene rings is 2. The second-order valence-corrected chi connectivity index (χ2v) is 4.98. The number of para-hydroxylation sites is 3. The highest BCUT2D eigenvalue weighted by molar-refractivity contribution is 5.57. The third-order valence-electron chi connectivity index (χ3n) is 3.26. The third-order valence-corrected chi connectivity index (χ3v) is 3.26. The summed E-state index contributed by atoms with van der Waals surface area (Å²) in [6.07, 6.45) is 6.69. The van der Waals surface area contributed by atoms with Crippen molar-refractivity contribution in [3.8, 4) is 11.5 Å². The lowest BCUT2D eigenvalue weighted by Crippen LogP contribution is -2.02. The van der Waals surface area contributed by atoms with Gasteiger partial charge in [0, 0.05) is 6.54 Å². The molecular weight excluding hydrogens is 258 g/mol. The minimum atomic E-state index is 0.859. The number of hydrogen-bond acceptors (Lipinski definition) is 2. The normalized spacial score (nSPS) is 10.1. The van der Waals surface area contributed by atoms with Gasteiger partial charge in [0.2, 0.25) is 0 Å². The Bertz CT molecular complexity index is 536. The van der Waals surface area contributed by atoms with Crippen LogP contribution < -0.4 is 10.1 Å². The average molecular weight is 281 g/mol. The first-order chi connectivity index (χ1) is 10.4. The Morgan fingerprint density at radius 2 is 1.67 bits per heavy atom. The highest BCUT2D eigenvalue weighted by atomic mass is 16.5. The monoisotopic (exact) mass is 281 g/mol. The fourth-order valence-corrected chi connectivity index (χ4v) is 2.13. The molecule has 0 aliphatic rings. The van der Waals surface area contributed by atoms with Crippen LogP contribution in [0, 0.1) is 0 Å². The van der Waals surface area contributed by atoms with E-state index in [1.54, 1.807) is 0 Å². The number of ether oxygens (including phenoxy) is 1. The van der Waals surface area contributed by atoms with Crippen molar-refractivity contribution in [1.82, 2.24) is 0 Å². The van der Waals surface area contributed by atoms with E-state index in [4.69, 9.17) is 4.74 Å². The minimum absolute atomic E-state index is 0.859. The maximum absolute atomic E-state index is 5.93. The molecular formula is C19H23NO. The van der Waals surface area contributed by atoms with Gasteiger partial charge < -0.3 is 10.1 Å². The molecule has 0 aromatic heterocycles. The van der Waals surface area contributed by atoms with Gasteiger partial charge in [-0.05, 0) is 43.5 Å². The summed E-state index contributed by atoms with van der Waals surface area (Å²) in [6.45, 7) is 4.71. The molecule has 2 aromatic carbocycles. The Hall–Kier alpha value is -2.22. The van der Waals surface area contributed by atoms with Crippen molar-refractivity contribution in [3.05, 3.63) is 67.3 Å². The summed E-state index contributed by atoms with van der Waals surface area (Å²) in [5.41, 5.74) is 1.05. The van der Waals surface area contributed by atoms with E-state index < -0.39 is 0 Å². The van der Waals surface area contributed by atoms with Gasteiger partial charge in [0.1, 0.15) is 5.75 Å². The third kappa shape index (κ3) is 5.35. The zero-order valence-electron chi connectivity index (χ0n) is 12.4. The number of anilines is 1. The lowest BCUT2D eigenvalue weighted by Gasteiger charge is -2.12. The summed E-state index contributed by atoms with van der Waals surface area (Å²) in [5.74, 6) is 1.73. The lowest BCUT2D eigenvalue weighted by molar-refractivity contribution is 0.484. The molecule has 0 aliphatic carbocycles. The van der Waals surface area contributed by atoms with Gasteiger partial charge in [-0.15, -0.1) is 6.58 Å². The quantitative estimate of drug-likeness (QED) is 0.474. The van der Waals surface area contributed by atoms with Crippen LogP contribution in [-0.2, 0) is 0 Å². The van der Waals surface area contributed by atoms with Crippen LogP contribution in [-0.4, -0.2) is 6.54 Å². The van der Waals surface area contributed by atoms with Gasteiger partial charge in [0.25, 0.3) is 0 Å². The average Bonchev–Trinajstić information content (AvgIpc) is 2.53. The van der Waals surface area contributed by atoms with Crippen LogP contribution in [0.3, 0.4) is 0 Å².